The zero-order chi connectivity index (χ0) is 9.84. The van der Waals surface area contributed by atoms with Crippen molar-refractivity contribution in [3.8, 4) is 6.07 Å². The largest absolute Gasteiger partial charge is 0.353 e. The lowest BCUT2D eigenvalue weighted by molar-refractivity contribution is 0.326. The molecule has 0 aliphatic carbocycles. The van der Waals surface area contributed by atoms with Crippen molar-refractivity contribution in [1.82, 2.24) is 4.57 Å². The lowest BCUT2D eigenvalue weighted by Gasteiger charge is -2.02. The molecule has 2 nitrogen and oxygen atoms in total. The summed E-state index contributed by atoms with van der Waals surface area (Å²) in [5.41, 5.74) is 1.63. The van der Waals surface area contributed by atoms with E-state index in [0.29, 0.717) is 18.5 Å². The Balaban J connectivity index is 2.64. The van der Waals surface area contributed by atoms with Crippen LogP contribution in [-0.2, 0) is 6.54 Å². The van der Waals surface area contributed by atoms with Crippen LogP contribution in [0.4, 0.5) is 4.39 Å². The molecule has 1 aromatic rings. The fraction of sp³-hybridized carbons (Fsp3) is 0.500. The second kappa shape index (κ2) is 4.08. The maximum Gasteiger partial charge on any atom is 0.101 e. The lowest BCUT2D eigenvalue weighted by atomic mass is 10.2. The van der Waals surface area contributed by atoms with Gasteiger partial charge in [-0.15, -0.1) is 0 Å². The van der Waals surface area contributed by atoms with Crippen molar-refractivity contribution in [2.24, 2.45) is 0 Å². The van der Waals surface area contributed by atoms with Gasteiger partial charge >= 0.3 is 0 Å². The third kappa shape index (κ3) is 2.59. The lowest BCUT2D eigenvalue weighted by Crippen LogP contribution is -2.01. The molecule has 0 aliphatic heterocycles. The Bertz CT molecular complexity index is 320. The zero-order valence-electron chi connectivity index (χ0n) is 7.92. The molecular weight excluding hydrogens is 167 g/mol. The van der Waals surface area contributed by atoms with E-state index >= 15 is 0 Å². The van der Waals surface area contributed by atoms with Gasteiger partial charge in [-0.2, -0.15) is 5.26 Å². The molecule has 0 aromatic carbocycles. The van der Waals surface area contributed by atoms with Crippen LogP contribution >= 0.6 is 0 Å². The average molecular weight is 180 g/mol. The van der Waals surface area contributed by atoms with Crippen molar-refractivity contribution >= 4 is 0 Å². The number of aryl methyl sites for hydroxylation is 2. The maximum atomic E-state index is 12.5. The molecule has 3 heteroatoms. The first-order chi connectivity index (χ1) is 6.13. The summed E-state index contributed by atoms with van der Waals surface area (Å²) < 4.78 is 14.4. The minimum Gasteiger partial charge on any atom is -0.353 e. The van der Waals surface area contributed by atoms with E-state index in [0.717, 1.165) is 5.56 Å². The number of hydrogen-bond donors (Lipinski definition) is 0. The van der Waals surface area contributed by atoms with Crippen molar-refractivity contribution in [1.29, 1.82) is 5.26 Å². The van der Waals surface area contributed by atoms with Crippen LogP contribution in [-0.4, -0.2) is 10.7 Å². The summed E-state index contributed by atoms with van der Waals surface area (Å²) >= 11 is 0. The molecule has 0 aliphatic rings. The van der Waals surface area contributed by atoms with Gasteiger partial charge in [0.15, 0.2) is 0 Å². The summed E-state index contributed by atoms with van der Waals surface area (Å²) in [6.45, 7) is 4.07. The van der Waals surface area contributed by atoms with Crippen molar-refractivity contribution in [2.45, 2.75) is 33.0 Å². The van der Waals surface area contributed by atoms with Gasteiger partial charge in [-0.05, 0) is 25.8 Å². The van der Waals surface area contributed by atoms with Crippen LogP contribution in [0.1, 0.15) is 24.5 Å². The molecule has 1 rings (SSSR count). The number of aromatic nitrogens is 1. The monoisotopic (exact) mass is 180 g/mol. The molecule has 13 heavy (non-hydrogen) atoms. The fourth-order valence-corrected chi connectivity index (χ4v) is 1.20. The molecule has 0 saturated carbocycles. The molecule has 1 unspecified atom stereocenters. The average Bonchev–Trinajstić information content (AvgIpc) is 2.43. The number of alkyl halides is 1. The van der Waals surface area contributed by atoms with Gasteiger partial charge in [0.05, 0.1) is 11.7 Å². The summed E-state index contributed by atoms with van der Waals surface area (Å²) in [7, 11) is 0. The zero-order valence-corrected chi connectivity index (χ0v) is 7.92. The highest BCUT2D eigenvalue weighted by Crippen LogP contribution is 2.09. The minimum atomic E-state index is -0.784. The fourth-order valence-electron chi connectivity index (χ4n) is 1.20. The Morgan fingerprint density at radius 1 is 1.62 bits per heavy atom. The molecule has 0 amide bonds. The summed E-state index contributed by atoms with van der Waals surface area (Å²) in [4.78, 5) is 0. The van der Waals surface area contributed by atoms with Crippen molar-refractivity contribution in [3.05, 3.63) is 23.5 Å². The normalized spacial score (nSPS) is 12.5. The van der Waals surface area contributed by atoms with Crippen LogP contribution in [0.5, 0.6) is 0 Å². The molecule has 0 N–H and O–H groups in total. The van der Waals surface area contributed by atoms with E-state index in [9.17, 15) is 4.39 Å². The van der Waals surface area contributed by atoms with Crippen LogP contribution in [0, 0.1) is 18.3 Å². The second-order valence-corrected chi connectivity index (χ2v) is 3.27. The molecule has 70 valence electrons. The van der Waals surface area contributed by atoms with E-state index in [1.54, 1.807) is 13.1 Å². The number of hydrogen-bond acceptors (Lipinski definition) is 1. The topological polar surface area (TPSA) is 28.7 Å². The van der Waals surface area contributed by atoms with Gasteiger partial charge < -0.3 is 4.57 Å². The van der Waals surface area contributed by atoms with Crippen molar-refractivity contribution in [3.63, 3.8) is 0 Å². The summed E-state index contributed by atoms with van der Waals surface area (Å²) in [5.74, 6) is 0. The van der Waals surface area contributed by atoms with Crippen LogP contribution in [0.15, 0.2) is 12.4 Å². The van der Waals surface area contributed by atoms with Gasteiger partial charge in [-0.25, -0.2) is 4.39 Å². The van der Waals surface area contributed by atoms with Crippen LogP contribution in [0.3, 0.4) is 0 Å². The molecule has 0 fully saturated rings. The van der Waals surface area contributed by atoms with Crippen molar-refractivity contribution < 1.29 is 4.39 Å². The first-order valence-corrected chi connectivity index (χ1v) is 4.34. The molecule has 0 bridgehead atoms. The Morgan fingerprint density at radius 2 is 2.31 bits per heavy atom. The van der Waals surface area contributed by atoms with Gasteiger partial charge in [0.2, 0.25) is 0 Å². The van der Waals surface area contributed by atoms with E-state index in [2.05, 4.69) is 6.07 Å². The standard InChI is InChI=1S/C10H13FN2/c1-8-6-13(4-3-9(2)11)7-10(8)5-12/h6-7,9H,3-4H2,1-2H3. The van der Waals surface area contributed by atoms with E-state index < -0.39 is 6.17 Å². The van der Waals surface area contributed by atoms with E-state index in [4.69, 9.17) is 5.26 Å². The molecular formula is C10H13FN2. The summed E-state index contributed by atoms with van der Waals surface area (Å²) in [6.07, 6.45) is 3.35. The Labute approximate surface area is 77.6 Å². The van der Waals surface area contributed by atoms with E-state index in [-0.39, 0.29) is 0 Å². The molecule has 0 saturated heterocycles. The van der Waals surface area contributed by atoms with E-state index in [1.165, 1.54) is 0 Å². The van der Waals surface area contributed by atoms with Gasteiger partial charge in [0, 0.05) is 18.9 Å². The quantitative estimate of drug-likeness (QED) is 0.702. The number of halogens is 1. The van der Waals surface area contributed by atoms with Gasteiger partial charge in [0.1, 0.15) is 6.07 Å². The highest BCUT2D eigenvalue weighted by atomic mass is 19.1. The van der Waals surface area contributed by atoms with E-state index in [1.807, 2.05) is 17.7 Å². The summed E-state index contributed by atoms with van der Waals surface area (Å²) in [6, 6.07) is 2.09. The van der Waals surface area contributed by atoms with Gasteiger partial charge in [-0.1, -0.05) is 0 Å². The third-order valence-electron chi connectivity index (χ3n) is 1.98. The molecule has 0 spiro atoms. The Kier molecular flexibility index (Phi) is 3.07. The van der Waals surface area contributed by atoms with Crippen LogP contribution < -0.4 is 0 Å². The second-order valence-electron chi connectivity index (χ2n) is 3.27. The SMILES string of the molecule is Cc1cn(CCC(C)F)cc1C#N. The molecule has 1 atom stereocenters. The highest BCUT2D eigenvalue weighted by molar-refractivity contribution is 5.34. The third-order valence-corrected chi connectivity index (χ3v) is 1.98. The number of rotatable bonds is 3. The molecule has 1 heterocycles. The maximum absolute atomic E-state index is 12.5. The Hall–Kier alpha value is -1.30. The highest BCUT2D eigenvalue weighted by Gasteiger charge is 2.03. The van der Waals surface area contributed by atoms with Gasteiger partial charge in [-0.3, -0.25) is 0 Å². The predicted molar refractivity (Wildman–Crippen MR) is 49.1 cm³/mol. The van der Waals surface area contributed by atoms with Crippen LogP contribution in [0.25, 0.3) is 0 Å². The van der Waals surface area contributed by atoms with Crippen LogP contribution in [0.2, 0.25) is 0 Å². The predicted octanol–water partition coefficient (Wildman–Crippen LogP) is 2.42. The molecule has 1 aromatic heterocycles. The minimum absolute atomic E-state index is 0.499. The first-order valence-electron chi connectivity index (χ1n) is 4.34. The summed E-state index contributed by atoms with van der Waals surface area (Å²) in [5, 5.41) is 8.67. The smallest absolute Gasteiger partial charge is 0.101 e. The Morgan fingerprint density at radius 3 is 2.77 bits per heavy atom. The van der Waals surface area contributed by atoms with Gasteiger partial charge in [0.25, 0.3) is 0 Å². The molecule has 0 radical (unpaired) electrons. The number of nitriles is 1. The number of nitrogens with zero attached hydrogens (tertiary/aromatic N) is 2. The van der Waals surface area contributed by atoms with Crippen molar-refractivity contribution in [2.75, 3.05) is 0 Å². The first kappa shape index (κ1) is 9.79.